The Balaban J connectivity index is 1.96. The van der Waals surface area contributed by atoms with E-state index in [0.29, 0.717) is 30.7 Å². The predicted molar refractivity (Wildman–Crippen MR) is 117 cm³/mol. The van der Waals surface area contributed by atoms with Crippen LogP contribution in [0, 0.1) is 0 Å². The minimum absolute atomic E-state index is 0.253. The third-order valence-electron chi connectivity index (χ3n) is 5.43. The fraction of sp³-hybridized carbons (Fsp3) is 0.435. The highest BCUT2D eigenvalue weighted by Gasteiger charge is 2.56. The molecule has 162 valence electrons. The molecular formula is C23H31N3O4. The van der Waals surface area contributed by atoms with Gasteiger partial charge in [-0.3, -0.25) is 4.79 Å². The van der Waals surface area contributed by atoms with Crippen molar-refractivity contribution in [2.24, 2.45) is 0 Å². The third-order valence-corrected chi connectivity index (χ3v) is 5.43. The molecule has 0 aliphatic carbocycles. The fourth-order valence-corrected chi connectivity index (χ4v) is 4.00. The van der Waals surface area contributed by atoms with Crippen LogP contribution in [0.1, 0.15) is 6.42 Å². The molecule has 0 saturated heterocycles. The number of aliphatic hydroxyl groups excluding tert-OH is 1. The molecule has 1 aromatic rings. The summed E-state index contributed by atoms with van der Waals surface area (Å²) in [6, 6.07) is 9.47. The predicted octanol–water partition coefficient (Wildman–Crippen LogP) is 1.69. The number of carbonyl (C=O) groups is 1. The lowest BCUT2D eigenvalue weighted by Gasteiger charge is -2.37. The lowest BCUT2D eigenvalue weighted by atomic mass is 9.79. The molecule has 30 heavy (non-hydrogen) atoms. The Kier molecular flexibility index (Phi) is 7.10. The number of aliphatic hydroxyl groups is 1. The number of amides is 1. The zero-order valence-corrected chi connectivity index (χ0v) is 17.8. The van der Waals surface area contributed by atoms with E-state index in [1.54, 1.807) is 6.08 Å². The molecule has 1 amide bonds. The first kappa shape index (κ1) is 22.2. The Bertz CT molecular complexity index is 821. The molecule has 7 nitrogen and oxygen atoms in total. The van der Waals surface area contributed by atoms with Gasteiger partial charge in [-0.1, -0.05) is 30.4 Å². The fourth-order valence-electron chi connectivity index (χ4n) is 4.00. The van der Waals surface area contributed by atoms with Gasteiger partial charge in [0.05, 0.1) is 11.6 Å². The summed E-state index contributed by atoms with van der Waals surface area (Å²) in [6.45, 7) is 5.08. The van der Waals surface area contributed by atoms with Crippen LogP contribution in [0.15, 0.2) is 66.3 Å². The summed E-state index contributed by atoms with van der Waals surface area (Å²) in [6.07, 6.45) is 4.34. The van der Waals surface area contributed by atoms with E-state index in [1.165, 1.54) is 7.11 Å². The zero-order chi connectivity index (χ0) is 21.7. The molecule has 0 spiro atoms. The molecule has 3 N–H and O–H groups in total. The highest BCUT2D eigenvalue weighted by Crippen LogP contribution is 2.48. The number of anilines is 1. The standard InChI is InChI=1S/C23H31N3O4/c1-5-9-18(25-16-10-7-6-8-11-16)23-13-12-17(30-23)19(20(23)22(28)29-4)21(27)24-14-15-26(2)3/h5-8,10-13,17-18,22,25,28H,1,9,14-15H2,2-4H3,(H,24,27). The number of likely N-dealkylation sites (N-methyl/N-ethyl adjacent to an activating group) is 1. The smallest absolute Gasteiger partial charge is 0.250 e. The first-order valence-electron chi connectivity index (χ1n) is 10.1. The second-order valence-electron chi connectivity index (χ2n) is 7.75. The summed E-state index contributed by atoms with van der Waals surface area (Å²) >= 11 is 0. The number of rotatable bonds is 11. The number of para-hydroxylation sites is 1. The van der Waals surface area contributed by atoms with Crippen LogP contribution < -0.4 is 10.6 Å². The molecule has 3 rings (SSSR count). The summed E-state index contributed by atoms with van der Waals surface area (Å²) in [5, 5.41) is 17.1. The van der Waals surface area contributed by atoms with E-state index in [9.17, 15) is 9.90 Å². The van der Waals surface area contributed by atoms with E-state index >= 15 is 0 Å². The van der Waals surface area contributed by atoms with Gasteiger partial charge in [0.2, 0.25) is 5.91 Å². The average Bonchev–Trinajstić information content (AvgIpc) is 3.31. The van der Waals surface area contributed by atoms with Crippen LogP contribution in [0.5, 0.6) is 0 Å². The van der Waals surface area contributed by atoms with Gasteiger partial charge in [0.25, 0.3) is 0 Å². The topological polar surface area (TPSA) is 83.1 Å². The number of benzene rings is 1. The molecule has 2 aliphatic rings. The second-order valence-corrected chi connectivity index (χ2v) is 7.75. The summed E-state index contributed by atoms with van der Waals surface area (Å²) < 4.78 is 11.6. The summed E-state index contributed by atoms with van der Waals surface area (Å²) in [5.41, 5.74) is 0.747. The van der Waals surface area contributed by atoms with Crippen LogP contribution in [0.25, 0.3) is 0 Å². The highest BCUT2D eigenvalue weighted by molar-refractivity contribution is 5.97. The summed E-state index contributed by atoms with van der Waals surface area (Å²) in [7, 11) is 5.30. The molecule has 2 bridgehead atoms. The van der Waals surface area contributed by atoms with E-state index < -0.39 is 18.0 Å². The molecule has 4 atom stereocenters. The van der Waals surface area contributed by atoms with Gasteiger partial charge >= 0.3 is 0 Å². The number of ether oxygens (including phenoxy) is 2. The van der Waals surface area contributed by atoms with Gasteiger partial charge in [-0.25, -0.2) is 0 Å². The Hall–Kier alpha value is -2.45. The van der Waals surface area contributed by atoms with Gasteiger partial charge in [-0.2, -0.15) is 0 Å². The molecular weight excluding hydrogens is 382 g/mol. The molecule has 4 unspecified atom stereocenters. The molecule has 1 aromatic carbocycles. The molecule has 7 heteroatoms. The van der Waals surface area contributed by atoms with Crippen LogP contribution in [-0.4, -0.2) is 74.2 Å². The van der Waals surface area contributed by atoms with Gasteiger partial charge in [-0.05, 0) is 38.7 Å². The molecule has 2 aliphatic heterocycles. The molecule has 0 saturated carbocycles. The largest absolute Gasteiger partial charge is 0.378 e. The second kappa shape index (κ2) is 9.57. The average molecular weight is 414 g/mol. The first-order chi connectivity index (χ1) is 14.4. The SMILES string of the molecule is C=CCC(Nc1ccccc1)C12C=CC(O1)C(C(=O)NCCN(C)C)=C2C(O)OC. The minimum atomic E-state index is -1.26. The number of nitrogens with one attached hydrogen (secondary N) is 2. The minimum Gasteiger partial charge on any atom is -0.378 e. The van der Waals surface area contributed by atoms with Gasteiger partial charge in [0, 0.05) is 31.5 Å². The maximum atomic E-state index is 13.0. The van der Waals surface area contributed by atoms with Crippen LogP contribution in [0.3, 0.4) is 0 Å². The van der Waals surface area contributed by atoms with E-state index in [-0.39, 0.29) is 11.9 Å². The van der Waals surface area contributed by atoms with Crippen LogP contribution in [-0.2, 0) is 14.3 Å². The molecule has 0 fully saturated rings. The Morgan fingerprint density at radius 3 is 2.77 bits per heavy atom. The van der Waals surface area contributed by atoms with Gasteiger partial charge < -0.3 is 30.1 Å². The number of hydrogen-bond donors (Lipinski definition) is 3. The third kappa shape index (κ3) is 4.34. The summed E-state index contributed by atoms with van der Waals surface area (Å²) in [5.74, 6) is -0.253. The number of fused-ring (bicyclic) bond motifs is 2. The number of nitrogens with zero attached hydrogens (tertiary/aromatic N) is 1. The molecule has 2 heterocycles. The van der Waals surface area contributed by atoms with Crippen LogP contribution >= 0.6 is 0 Å². The lowest BCUT2D eigenvalue weighted by Crippen LogP contribution is -2.49. The van der Waals surface area contributed by atoms with Crippen LogP contribution in [0.4, 0.5) is 5.69 Å². The Morgan fingerprint density at radius 1 is 1.40 bits per heavy atom. The lowest BCUT2D eigenvalue weighted by molar-refractivity contribution is -0.118. The van der Waals surface area contributed by atoms with Crippen molar-refractivity contribution in [2.45, 2.75) is 30.5 Å². The maximum Gasteiger partial charge on any atom is 0.250 e. The highest BCUT2D eigenvalue weighted by atomic mass is 16.6. The summed E-state index contributed by atoms with van der Waals surface area (Å²) in [4.78, 5) is 15.0. The van der Waals surface area contributed by atoms with Gasteiger partial charge in [0.15, 0.2) is 6.29 Å². The number of carbonyl (C=O) groups excluding carboxylic acids is 1. The van der Waals surface area contributed by atoms with Crippen molar-refractivity contribution in [1.29, 1.82) is 0 Å². The number of hydrogen-bond acceptors (Lipinski definition) is 6. The van der Waals surface area contributed by atoms with Crippen molar-refractivity contribution < 1.29 is 19.4 Å². The van der Waals surface area contributed by atoms with Crippen molar-refractivity contribution in [1.82, 2.24) is 10.2 Å². The van der Waals surface area contributed by atoms with Crippen molar-refractivity contribution in [3.8, 4) is 0 Å². The monoisotopic (exact) mass is 413 g/mol. The van der Waals surface area contributed by atoms with E-state index in [0.717, 1.165) is 5.69 Å². The van der Waals surface area contributed by atoms with Crippen molar-refractivity contribution in [3.05, 3.63) is 66.3 Å². The molecule has 0 radical (unpaired) electrons. The quantitative estimate of drug-likeness (QED) is 0.378. The zero-order valence-electron chi connectivity index (χ0n) is 17.8. The van der Waals surface area contributed by atoms with E-state index in [4.69, 9.17) is 9.47 Å². The van der Waals surface area contributed by atoms with Crippen molar-refractivity contribution in [3.63, 3.8) is 0 Å². The van der Waals surface area contributed by atoms with Crippen molar-refractivity contribution >= 4 is 11.6 Å². The van der Waals surface area contributed by atoms with Gasteiger partial charge in [-0.15, -0.1) is 6.58 Å². The normalized spacial score (nSPS) is 24.2. The number of methoxy groups -OCH3 is 1. The van der Waals surface area contributed by atoms with E-state index in [1.807, 2.05) is 61.5 Å². The maximum absolute atomic E-state index is 13.0. The van der Waals surface area contributed by atoms with E-state index in [2.05, 4.69) is 17.2 Å². The van der Waals surface area contributed by atoms with Crippen molar-refractivity contribution in [2.75, 3.05) is 39.6 Å². The first-order valence-corrected chi connectivity index (χ1v) is 10.1. The molecule has 0 aromatic heterocycles. The Morgan fingerprint density at radius 2 is 2.13 bits per heavy atom. The van der Waals surface area contributed by atoms with Crippen LogP contribution in [0.2, 0.25) is 0 Å². The Labute approximate surface area is 178 Å². The van der Waals surface area contributed by atoms with Gasteiger partial charge in [0.1, 0.15) is 11.7 Å².